The van der Waals surface area contributed by atoms with Crippen LogP contribution >= 0.6 is 27.5 Å². The Hall–Kier alpha value is -1.50. The van der Waals surface area contributed by atoms with Gasteiger partial charge < -0.3 is 5.32 Å². The molecular weight excluding hydrogens is 324 g/mol. The number of nitriles is 1. The number of nitrogens with one attached hydrogen (secondary N) is 1. The molecule has 0 spiro atoms. The quantitative estimate of drug-likeness (QED) is 0.842. The highest BCUT2D eigenvalue weighted by Crippen LogP contribution is 2.27. The summed E-state index contributed by atoms with van der Waals surface area (Å²) in [5.74, 6) is 0. The van der Waals surface area contributed by atoms with Gasteiger partial charge in [0.15, 0.2) is 0 Å². The van der Waals surface area contributed by atoms with Gasteiger partial charge in [-0.15, -0.1) is 0 Å². The van der Waals surface area contributed by atoms with Gasteiger partial charge in [0, 0.05) is 21.2 Å². The van der Waals surface area contributed by atoms with Gasteiger partial charge in [-0.1, -0.05) is 29.8 Å². The van der Waals surface area contributed by atoms with Crippen LogP contribution in [0.15, 0.2) is 46.9 Å². The van der Waals surface area contributed by atoms with E-state index >= 15 is 0 Å². The minimum absolute atomic E-state index is 0.0912. The third kappa shape index (κ3) is 3.28. The molecule has 1 N–H and O–H groups in total. The first-order valence-electron chi connectivity index (χ1n) is 5.82. The second kappa shape index (κ2) is 6.10. The summed E-state index contributed by atoms with van der Waals surface area (Å²) in [6.45, 7) is 2.05. The van der Waals surface area contributed by atoms with E-state index in [1.54, 1.807) is 6.07 Å². The Labute approximate surface area is 126 Å². The van der Waals surface area contributed by atoms with Gasteiger partial charge in [0.1, 0.15) is 6.07 Å². The molecule has 0 amide bonds. The number of benzene rings is 2. The molecule has 96 valence electrons. The Balaban J connectivity index is 2.20. The Bertz CT molecular complexity index is 634. The molecule has 19 heavy (non-hydrogen) atoms. The number of halogens is 2. The summed E-state index contributed by atoms with van der Waals surface area (Å²) in [5.41, 5.74) is 2.61. The molecule has 2 aromatic carbocycles. The van der Waals surface area contributed by atoms with E-state index in [-0.39, 0.29) is 6.04 Å². The molecule has 0 aliphatic heterocycles. The van der Waals surface area contributed by atoms with E-state index in [2.05, 4.69) is 27.3 Å². The number of rotatable bonds is 3. The van der Waals surface area contributed by atoms with Crippen LogP contribution in [0.1, 0.15) is 24.1 Å². The summed E-state index contributed by atoms with van der Waals surface area (Å²) in [6, 6.07) is 15.5. The third-order valence-corrected chi connectivity index (χ3v) is 3.84. The van der Waals surface area contributed by atoms with Gasteiger partial charge in [-0.3, -0.25) is 0 Å². The Morgan fingerprint density at radius 1 is 1.26 bits per heavy atom. The van der Waals surface area contributed by atoms with Crippen molar-refractivity contribution in [3.8, 4) is 6.07 Å². The predicted octanol–water partition coefficient (Wildman–Crippen LogP) is 5.15. The Kier molecular flexibility index (Phi) is 4.47. The van der Waals surface area contributed by atoms with Gasteiger partial charge in [0.25, 0.3) is 0 Å². The van der Waals surface area contributed by atoms with Crippen LogP contribution in [0.3, 0.4) is 0 Å². The largest absolute Gasteiger partial charge is 0.378 e. The van der Waals surface area contributed by atoms with Gasteiger partial charge in [-0.2, -0.15) is 5.26 Å². The number of nitrogens with zero attached hydrogens (tertiary/aromatic N) is 1. The molecule has 0 bridgehead atoms. The first kappa shape index (κ1) is 13.9. The van der Waals surface area contributed by atoms with E-state index in [0.29, 0.717) is 5.56 Å². The summed E-state index contributed by atoms with van der Waals surface area (Å²) >= 11 is 9.55. The molecule has 0 aliphatic rings. The molecule has 0 fully saturated rings. The molecule has 4 heteroatoms. The smallest absolute Gasteiger partial charge is 0.100 e. The second-order valence-corrected chi connectivity index (χ2v) is 5.46. The lowest BCUT2D eigenvalue weighted by Crippen LogP contribution is -2.07. The molecule has 0 heterocycles. The van der Waals surface area contributed by atoms with Crippen molar-refractivity contribution < 1.29 is 0 Å². The van der Waals surface area contributed by atoms with Gasteiger partial charge in [-0.05, 0) is 52.7 Å². The van der Waals surface area contributed by atoms with Crippen molar-refractivity contribution in [2.24, 2.45) is 0 Å². The standard InChI is InChI=1S/C15H12BrClN2/c1-10(13-4-2-3-5-15(13)17)19-12-7-6-11(9-18)14(16)8-12/h2-8,10,19H,1H3. The lowest BCUT2D eigenvalue weighted by Gasteiger charge is -2.17. The van der Waals surface area contributed by atoms with Crippen molar-refractivity contribution in [3.63, 3.8) is 0 Å². The molecular formula is C15H12BrClN2. The zero-order valence-electron chi connectivity index (χ0n) is 10.3. The van der Waals surface area contributed by atoms with E-state index in [1.807, 2.05) is 43.3 Å². The fourth-order valence-electron chi connectivity index (χ4n) is 1.85. The van der Waals surface area contributed by atoms with Crippen LogP contribution in [-0.4, -0.2) is 0 Å². The Morgan fingerprint density at radius 3 is 2.63 bits per heavy atom. The molecule has 1 atom stereocenters. The minimum atomic E-state index is 0.0912. The zero-order chi connectivity index (χ0) is 13.8. The van der Waals surface area contributed by atoms with Gasteiger partial charge in [-0.25, -0.2) is 0 Å². The van der Waals surface area contributed by atoms with Crippen LogP contribution in [-0.2, 0) is 0 Å². The fraction of sp³-hybridized carbons (Fsp3) is 0.133. The third-order valence-electron chi connectivity index (χ3n) is 2.84. The zero-order valence-corrected chi connectivity index (χ0v) is 12.7. The summed E-state index contributed by atoms with van der Waals surface area (Å²) in [4.78, 5) is 0. The van der Waals surface area contributed by atoms with Gasteiger partial charge in [0.2, 0.25) is 0 Å². The normalized spacial score (nSPS) is 11.7. The molecule has 0 radical (unpaired) electrons. The topological polar surface area (TPSA) is 35.8 Å². The van der Waals surface area contributed by atoms with Crippen LogP contribution in [0, 0.1) is 11.3 Å². The molecule has 1 unspecified atom stereocenters. The van der Waals surface area contributed by atoms with Crippen LogP contribution in [0.2, 0.25) is 5.02 Å². The maximum atomic E-state index is 8.89. The van der Waals surface area contributed by atoms with E-state index in [0.717, 1.165) is 20.7 Å². The summed E-state index contributed by atoms with van der Waals surface area (Å²) in [6.07, 6.45) is 0. The monoisotopic (exact) mass is 334 g/mol. The first-order chi connectivity index (χ1) is 9.11. The van der Waals surface area contributed by atoms with Crippen molar-refractivity contribution in [2.45, 2.75) is 13.0 Å². The van der Waals surface area contributed by atoms with Crippen LogP contribution in [0.25, 0.3) is 0 Å². The van der Waals surface area contributed by atoms with E-state index < -0.39 is 0 Å². The molecule has 0 saturated carbocycles. The first-order valence-corrected chi connectivity index (χ1v) is 6.99. The van der Waals surface area contributed by atoms with Crippen LogP contribution < -0.4 is 5.32 Å². The SMILES string of the molecule is CC(Nc1ccc(C#N)c(Br)c1)c1ccccc1Cl. The highest BCUT2D eigenvalue weighted by atomic mass is 79.9. The highest BCUT2D eigenvalue weighted by Gasteiger charge is 2.09. The van der Waals surface area contributed by atoms with Crippen molar-refractivity contribution in [1.29, 1.82) is 5.26 Å². The van der Waals surface area contributed by atoms with Gasteiger partial charge >= 0.3 is 0 Å². The fourth-order valence-corrected chi connectivity index (χ4v) is 2.62. The highest BCUT2D eigenvalue weighted by molar-refractivity contribution is 9.10. The molecule has 2 aromatic rings. The average Bonchev–Trinajstić information content (AvgIpc) is 2.39. The molecule has 2 rings (SSSR count). The lowest BCUT2D eigenvalue weighted by atomic mass is 10.1. The molecule has 0 aromatic heterocycles. The predicted molar refractivity (Wildman–Crippen MR) is 82.3 cm³/mol. The van der Waals surface area contributed by atoms with Crippen molar-refractivity contribution >= 4 is 33.2 Å². The number of anilines is 1. The average molecular weight is 336 g/mol. The molecule has 2 nitrogen and oxygen atoms in total. The van der Waals surface area contributed by atoms with Crippen molar-refractivity contribution in [2.75, 3.05) is 5.32 Å². The maximum absolute atomic E-state index is 8.89. The van der Waals surface area contributed by atoms with Crippen LogP contribution in [0.5, 0.6) is 0 Å². The van der Waals surface area contributed by atoms with Crippen molar-refractivity contribution in [1.82, 2.24) is 0 Å². The van der Waals surface area contributed by atoms with E-state index in [9.17, 15) is 0 Å². The summed E-state index contributed by atoms with van der Waals surface area (Å²) in [7, 11) is 0. The summed E-state index contributed by atoms with van der Waals surface area (Å²) < 4.78 is 0.784. The Morgan fingerprint density at radius 2 is 2.00 bits per heavy atom. The van der Waals surface area contributed by atoms with Crippen LogP contribution in [0.4, 0.5) is 5.69 Å². The second-order valence-electron chi connectivity index (χ2n) is 4.19. The minimum Gasteiger partial charge on any atom is -0.378 e. The van der Waals surface area contributed by atoms with E-state index in [1.165, 1.54) is 0 Å². The molecule has 0 aliphatic carbocycles. The van der Waals surface area contributed by atoms with E-state index in [4.69, 9.17) is 16.9 Å². The van der Waals surface area contributed by atoms with Crippen molar-refractivity contribution in [3.05, 3.63) is 63.1 Å². The number of hydrogen-bond donors (Lipinski definition) is 1. The number of hydrogen-bond acceptors (Lipinski definition) is 2. The summed E-state index contributed by atoms with van der Waals surface area (Å²) in [5, 5.41) is 13.0. The maximum Gasteiger partial charge on any atom is 0.100 e. The van der Waals surface area contributed by atoms with Gasteiger partial charge in [0.05, 0.1) is 5.56 Å². The lowest BCUT2D eigenvalue weighted by molar-refractivity contribution is 0.885. The molecule has 0 saturated heterocycles.